The molecule has 0 bridgehead atoms. The molecule has 2 aliphatic rings. The minimum atomic E-state index is -0.343. The number of aliphatic hydroxyl groups excluding tert-OH is 1. The van der Waals surface area contributed by atoms with Gasteiger partial charge in [0.05, 0.1) is 29.9 Å². The van der Waals surface area contributed by atoms with Gasteiger partial charge in [0, 0.05) is 29.6 Å². The van der Waals surface area contributed by atoms with Crippen LogP contribution in [0.3, 0.4) is 0 Å². The number of carbonyl (C=O) groups is 1. The molecule has 1 aliphatic heterocycles. The summed E-state index contributed by atoms with van der Waals surface area (Å²) >= 11 is 0. The van der Waals surface area contributed by atoms with Gasteiger partial charge >= 0.3 is 5.97 Å². The number of nitrogens with zero attached hydrogens (tertiary/aromatic N) is 2. The second-order valence-electron chi connectivity index (χ2n) is 8.31. The van der Waals surface area contributed by atoms with E-state index in [1.807, 2.05) is 32.0 Å². The monoisotopic (exact) mass is 381 g/mol. The van der Waals surface area contributed by atoms with E-state index in [0.717, 1.165) is 36.7 Å². The number of fused-ring (bicyclic) bond motifs is 3. The molecule has 1 aliphatic carbocycles. The van der Waals surface area contributed by atoms with Crippen molar-refractivity contribution < 1.29 is 14.6 Å². The first kappa shape index (κ1) is 19.0. The van der Waals surface area contributed by atoms with E-state index in [-0.39, 0.29) is 30.1 Å². The number of nitriles is 1. The van der Waals surface area contributed by atoms with Crippen molar-refractivity contribution in [1.29, 1.82) is 5.26 Å². The largest absolute Gasteiger partial charge is 0.463 e. The second-order valence-corrected chi connectivity index (χ2v) is 8.31. The lowest BCUT2D eigenvalue weighted by Gasteiger charge is -2.19. The molecule has 1 fully saturated rings. The molecule has 0 radical (unpaired) electrons. The maximum Gasteiger partial charge on any atom is 0.306 e. The molecule has 1 aromatic heterocycles. The van der Waals surface area contributed by atoms with Crippen LogP contribution in [0.2, 0.25) is 0 Å². The summed E-state index contributed by atoms with van der Waals surface area (Å²) < 4.78 is 7.62. The van der Waals surface area contributed by atoms with E-state index in [1.54, 1.807) is 0 Å². The summed E-state index contributed by atoms with van der Waals surface area (Å²) in [6.07, 6.45) is 2.39. The van der Waals surface area contributed by atoms with Crippen molar-refractivity contribution in [2.24, 2.45) is 5.92 Å². The average Bonchev–Trinajstić information content (AvgIpc) is 3.30. The summed E-state index contributed by atoms with van der Waals surface area (Å²) in [4.78, 5) is 12.1. The van der Waals surface area contributed by atoms with Gasteiger partial charge in [0.1, 0.15) is 0 Å². The molecule has 1 aromatic carbocycles. The molecule has 0 amide bonds. The lowest BCUT2D eigenvalue weighted by atomic mass is 10.0. The highest BCUT2D eigenvalue weighted by Crippen LogP contribution is 2.38. The molecule has 6 nitrogen and oxygen atoms in total. The highest BCUT2D eigenvalue weighted by Gasteiger charge is 2.33. The van der Waals surface area contributed by atoms with E-state index in [9.17, 15) is 15.2 Å². The Hall–Kier alpha value is -2.36. The Kier molecular flexibility index (Phi) is 5.13. The van der Waals surface area contributed by atoms with Gasteiger partial charge in [-0.05, 0) is 69.3 Å². The third-order valence-corrected chi connectivity index (χ3v) is 5.90. The van der Waals surface area contributed by atoms with Gasteiger partial charge in [-0.2, -0.15) is 5.26 Å². The Bertz CT molecular complexity index is 941. The van der Waals surface area contributed by atoms with Crippen molar-refractivity contribution >= 4 is 16.9 Å². The molecule has 0 spiro atoms. The van der Waals surface area contributed by atoms with Crippen LogP contribution in [0.5, 0.6) is 0 Å². The van der Waals surface area contributed by atoms with Gasteiger partial charge in [-0.25, -0.2) is 0 Å². The number of benzene rings is 1. The predicted octanol–water partition coefficient (Wildman–Crippen LogP) is 2.29. The van der Waals surface area contributed by atoms with Crippen molar-refractivity contribution in [3.05, 3.63) is 35.0 Å². The third kappa shape index (κ3) is 3.52. The Morgan fingerprint density at radius 3 is 2.93 bits per heavy atom. The van der Waals surface area contributed by atoms with E-state index in [2.05, 4.69) is 16.0 Å². The smallest absolute Gasteiger partial charge is 0.306 e. The molecule has 2 heterocycles. The van der Waals surface area contributed by atoms with Crippen LogP contribution < -0.4 is 5.32 Å². The standard InChI is InChI=1S/C22H27N3O3/c1-13(2)28-22(27)10-15-8-17-16-7-14(11-23)3-4-19(16)25(20(17)9-15)12-18-21(26)5-6-24-18/h3-4,7,13,15,18,21,24,26H,5-6,8-10,12H2,1-2H3/t15-,18?,21?/m0/s1. The fourth-order valence-electron chi connectivity index (χ4n) is 4.68. The van der Waals surface area contributed by atoms with Gasteiger partial charge in [-0.3, -0.25) is 4.79 Å². The van der Waals surface area contributed by atoms with Crippen LogP contribution >= 0.6 is 0 Å². The number of carbonyl (C=O) groups excluding carboxylic acids is 1. The topological polar surface area (TPSA) is 87.3 Å². The van der Waals surface area contributed by atoms with Gasteiger partial charge in [-0.15, -0.1) is 0 Å². The maximum atomic E-state index is 12.1. The van der Waals surface area contributed by atoms with E-state index >= 15 is 0 Å². The Morgan fingerprint density at radius 2 is 2.25 bits per heavy atom. The summed E-state index contributed by atoms with van der Waals surface area (Å²) in [6.45, 7) is 5.26. The predicted molar refractivity (Wildman–Crippen MR) is 106 cm³/mol. The Morgan fingerprint density at radius 1 is 1.43 bits per heavy atom. The fourth-order valence-corrected chi connectivity index (χ4v) is 4.68. The van der Waals surface area contributed by atoms with Crippen molar-refractivity contribution in [2.45, 2.75) is 64.3 Å². The summed E-state index contributed by atoms with van der Waals surface area (Å²) in [5, 5.41) is 24.1. The van der Waals surface area contributed by atoms with Gasteiger partial charge in [0.25, 0.3) is 0 Å². The van der Waals surface area contributed by atoms with Gasteiger partial charge in [0.15, 0.2) is 0 Å². The molecule has 2 unspecified atom stereocenters. The first-order valence-corrected chi connectivity index (χ1v) is 10.1. The molecule has 0 saturated carbocycles. The van der Waals surface area contributed by atoms with Gasteiger partial charge in [0.2, 0.25) is 0 Å². The molecule has 4 rings (SSSR count). The molecular weight excluding hydrogens is 354 g/mol. The summed E-state index contributed by atoms with van der Waals surface area (Å²) in [5.41, 5.74) is 4.22. The fraction of sp³-hybridized carbons (Fsp3) is 0.545. The first-order chi connectivity index (χ1) is 13.5. The first-order valence-electron chi connectivity index (χ1n) is 10.1. The molecule has 3 atom stereocenters. The normalized spacial score (nSPS) is 23.9. The van der Waals surface area contributed by atoms with Gasteiger partial charge in [-0.1, -0.05) is 0 Å². The Balaban J connectivity index is 1.65. The average molecular weight is 381 g/mol. The molecular formula is C22H27N3O3. The van der Waals surface area contributed by atoms with Crippen LogP contribution in [0.15, 0.2) is 18.2 Å². The summed E-state index contributed by atoms with van der Waals surface area (Å²) in [5.74, 6) is 0.0747. The summed E-state index contributed by atoms with van der Waals surface area (Å²) in [7, 11) is 0. The molecule has 2 N–H and O–H groups in total. The maximum absolute atomic E-state index is 12.1. The van der Waals surface area contributed by atoms with Gasteiger partial charge < -0.3 is 19.7 Å². The number of nitrogens with one attached hydrogen (secondary N) is 1. The molecule has 2 aromatic rings. The molecule has 28 heavy (non-hydrogen) atoms. The lowest BCUT2D eigenvalue weighted by molar-refractivity contribution is -0.148. The third-order valence-electron chi connectivity index (χ3n) is 5.90. The van der Waals surface area contributed by atoms with E-state index in [0.29, 0.717) is 18.5 Å². The highest BCUT2D eigenvalue weighted by molar-refractivity contribution is 5.87. The van der Waals surface area contributed by atoms with Crippen molar-refractivity contribution in [3.63, 3.8) is 0 Å². The van der Waals surface area contributed by atoms with Crippen LogP contribution in [-0.2, 0) is 28.9 Å². The van der Waals surface area contributed by atoms with Crippen LogP contribution in [0, 0.1) is 17.2 Å². The van der Waals surface area contributed by atoms with E-state index in [4.69, 9.17) is 4.74 Å². The lowest BCUT2D eigenvalue weighted by Crippen LogP contribution is -2.35. The molecule has 148 valence electrons. The number of rotatable bonds is 5. The number of esters is 1. The zero-order valence-electron chi connectivity index (χ0n) is 16.4. The van der Waals surface area contributed by atoms with Crippen molar-refractivity contribution in [3.8, 4) is 6.07 Å². The quantitative estimate of drug-likeness (QED) is 0.776. The second kappa shape index (κ2) is 7.57. The number of ether oxygens (including phenoxy) is 1. The SMILES string of the molecule is CC(C)OC(=O)C[C@H]1Cc2c(n(CC3NCCC3O)c3ccc(C#N)cc23)C1. The van der Waals surface area contributed by atoms with Crippen molar-refractivity contribution in [2.75, 3.05) is 6.54 Å². The zero-order valence-corrected chi connectivity index (χ0v) is 16.4. The van der Waals surface area contributed by atoms with Crippen LogP contribution in [0.1, 0.15) is 43.5 Å². The minimum Gasteiger partial charge on any atom is -0.463 e. The van der Waals surface area contributed by atoms with Crippen molar-refractivity contribution in [1.82, 2.24) is 9.88 Å². The number of hydrogen-bond acceptors (Lipinski definition) is 5. The highest BCUT2D eigenvalue weighted by atomic mass is 16.5. The van der Waals surface area contributed by atoms with Crippen LogP contribution in [-0.4, -0.2) is 40.4 Å². The summed E-state index contributed by atoms with van der Waals surface area (Å²) in [6, 6.07) is 8.07. The van der Waals surface area contributed by atoms with E-state index < -0.39 is 0 Å². The zero-order chi connectivity index (χ0) is 19.8. The Labute approximate surface area is 165 Å². The van der Waals surface area contributed by atoms with E-state index in [1.165, 1.54) is 11.3 Å². The van der Waals surface area contributed by atoms with Crippen LogP contribution in [0.4, 0.5) is 0 Å². The number of aliphatic hydroxyl groups is 1. The minimum absolute atomic E-state index is 0.0281. The number of hydrogen-bond donors (Lipinski definition) is 2. The van der Waals surface area contributed by atoms with Crippen LogP contribution in [0.25, 0.3) is 10.9 Å². The molecule has 6 heteroatoms. The molecule has 1 saturated heterocycles. The number of aromatic nitrogens is 1.